The molecule has 0 spiro atoms. The lowest BCUT2D eigenvalue weighted by molar-refractivity contribution is -0.135. The van der Waals surface area contributed by atoms with Crippen LogP contribution in [-0.2, 0) is 11.4 Å². The molecule has 5 aromatic rings. The Morgan fingerprint density at radius 1 is 0.867 bits per heavy atom. The Kier molecular flexibility index (Phi) is 7.49. The van der Waals surface area contributed by atoms with Crippen molar-refractivity contribution in [2.45, 2.75) is 38.7 Å². The Labute approximate surface area is 257 Å². The second-order valence-corrected chi connectivity index (χ2v) is 11.2. The van der Waals surface area contributed by atoms with Crippen molar-refractivity contribution in [2.24, 2.45) is 0 Å². The minimum absolute atomic E-state index is 0.0156. The molecule has 0 saturated heterocycles. The molecule has 1 aromatic heterocycles. The molecule has 0 bridgehead atoms. The maximum atomic E-state index is 13.4. The summed E-state index contributed by atoms with van der Waals surface area (Å²) in [4.78, 5) is 26.2. The molecular formula is C35H30O10. The molecule has 4 N–H and O–H groups in total. The van der Waals surface area contributed by atoms with E-state index < -0.39 is 40.3 Å². The number of carbonyl (C=O) groups is 1. The lowest BCUT2D eigenvalue weighted by atomic mass is 9.85. The van der Waals surface area contributed by atoms with Crippen LogP contribution >= 0.6 is 0 Å². The monoisotopic (exact) mass is 610 g/mol. The third kappa shape index (κ3) is 5.35. The van der Waals surface area contributed by atoms with Gasteiger partial charge in [-0.25, -0.2) is 0 Å². The standard InChI is InChI=1S/C35H30O10/c1-17(2)19-6-4-18(5-7-19)16-43-27-13-20(9-11-26(27)42-3)22-14-29(39)44-28-15-25(38)31-32(40)33(41)34(45-35(31)30(22)28)21-8-10-23(36)24(37)12-21/h4-13,15,17,22,36-38,41H,14,16H2,1-3H3/t22-/m0/s1. The van der Waals surface area contributed by atoms with Crippen LogP contribution in [0.1, 0.15) is 54.4 Å². The van der Waals surface area contributed by atoms with Crippen LogP contribution in [0.25, 0.3) is 22.3 Å². The van der Waals surface area contributed by atoms with E-state index in [0.29, 0.717) is 28.5 Å². The van der Waals surface area contributed by atoms with Gasteiger partial charge in [-0.3, -0.25) is 9.59 Å². The number of rotatable bonds is 7. The van der Waals surface area contributed by atoms with Gasteiger partial charge in [-0.1, -0.05) is 44.2 Å². The highest BCUT2D eigenvalue weighted by molar-refractivity contribution is 5.94. The van der Waals surface area contributed by atoms with Gasteiger partial charge in [-0.05, 0) is 52.9 Å². The van der Waals surface area contributed by atoms with Crippen molar-refractivity contribution in [3.63, 3.8) is 0 Å². The Balaban J connectivity index is 1.47. The molecule has 0 saturated carbocycles. The number of aromatic hydroxyl groups is 4. The first-order valence-electron chi connectivity index (χ1n) is 14.2. The summed E-state index contributed by atoms with van der Waals surface area (Å²) >= 11 is 0. The number of hydrogen-bond acceptors (Lipinski definition) is 10. The number of benzene rings is 4. The van der Waals surface area contributed by atoms with E-state index in [9.17, 15) is 30.0 Å². The highest BCUT2D eigenvalue weighted by Gasteiger charge is 2.35. The van der Waals surface area contributed by atoms with Gasteiger partial charge in [-0.15, -0.1) is 0 Å². The summed E-state index contributed by atoms with van der Waals surface area (Å²) in [6.07, 6.45) is -0.130. The van der Waals surface area contributed by atoms with Gasteiger partial charge < -0.3 is 39.1 Å². The molecule has 10 nitrogen and oxygen atoms in total. The van der Waals surface area contributed by atoms with Gasteiger partial charge in [0.05, 0.1) is 13.5 Å². The molecule has 10 heteroatoms. The number of esters is 1. The SMILES string of the molecule is COc1ccc([C@@H]2CC(=O)Oc3cc(O)c4c(=O)c(O)c(-c5ccc(O)c(O)c5)oc4c32)cc1OCc1ccc(C(C)C)cc1. The smallest absolute Gasteiger partial charge is 0.312 e. The summed E-state index contributed by atoms with van der Waals surface area (Å²) in [5.41, 5.74) is 2.12. The molecule has 4 aromatic carbocycles. The van der Waals surface area contributed by atoms with Gasteiger partial charge >= 0.3 is 5.97 Å². The molecule has 0 aliphatic carbocycles. The largest absolute Gasteiger partial charge is 0.507 e. The van der Waals surface area contributed by atoms with Crippen LogP contribution in [0.4, 0.5) is 0 Å². The number of phenolic OH excluding ortho intramolecular Hbond substituents is 3. The molecule has 1 aliphatic rings. The van der Waals surface area contributed by atoms with Crippen LogP contribution in [-0.4, -0.2) is 33.5 Å². The van der Waals surface area contributed by atoms with E-state index in [0.717, 1.165) is 17.7 Å². The van der Waals surface area contributed by atoms with Crippen molar-refractivity contribution in [3.8, 4) is 51.6 Å². The van der Waals surface area contributed by atoms with Crippen molar-refractivity contribution in [3.05, 3.63) is 99.2 Å². The topological polar surface area (TPSA) is 156 Å². The zero-order valence-electron chi connectivity index (χ0n) is 24.7. The number of phenols is 3. The lowest BCUT2D eigenvalue weighted by Gasteiger charge is -2.26. The summed E-state index contributed by atoms with van der Waals surface area (Å²) in [6, 6.07) is 18.1. The maximum Gasteiger partial charge on any atom is 0.312 e. The number of methoxy groups -OCH3 is 1. The van der Waals surface area contributed by atoms with E-state index in [1.54, 1.807) is 18.2 Å². The van der Waals surface area contributed by atoms with E-state index in [1.165, 1.54) is 24.8 Å². The maximum absolute atomic E-state index is 13.4. The molecule has 1 atom stereocenters. The fourth-order valence-electron chi connectivity index (χ4n) is 5.51. The molecular weight excluding hydrogens is 580 g/mol. The van der Waals surface area contributed by atoms with Crippen molar-refractivity contribution in [2.75, 3.05) is 7.11 Å². The third-order valence-corrected chi connectivity index (χ3v) is 7.93. The van der Waals surface area contributed by atoms with Crippen LogP contribution in [0, 0.1) is 0 Å². The van der Waals surface area contributed by atoms with Gasteiger partial charge in [0.15, 0.2) is 28.8 Å². The Hall–Kier alpha value is -5.64. The molecule has 45 heavy (non-hydrogen) atoms. The molecule has 0 radical (unpaired) electrons. The second kappa shape index (κ2) is 11.5. The van der Waals surface area contributed by atoms with Crippen LogP contribution in [0.2, 0.25) is 0 Å². The zero-order valence-corrected chi connectivity index (χ0v) is 24.7. The van der Waals surface area contributed by atoms with E-state index in [-0.39, 0.29) is 41.1 Å². The van der Waals surface area contributed by atoms with E-state index in [4.69, 9.17) is 18.6 Å². The molecule has 230 valence electrons. The molecule has 6 rings (SSSR count). The predicted octanol–water partition coefficient (Wildman–Crippen LogP) is 6.43. The normalized spacial score (nSPS) is 14.3. The van der Waals surface area contributed by atoms with Crippen molar-refractivity contribution in [1.29, 1.82) is 0 Å². The highest BCUT2D eigenvalue weighted by atomic mass is 16.5. The van der Waals surface area contributed by atoms with E-state index in [2.05, 4.69) is 26.0 Å². The Morgan fingerprint density at radius 3 is 2.31 bits per heavy atom. The fourth-order valence-corrected chi connectivity index (χ4v) is 5.51. The molecule has 1 aliphatic heterocycles. The predicted molar refractivity (Wildman–Crippen MR) is 165 cm³/mol. The van der Waals surface area contributed by atoms with Crippen molar-refractivity contribution < 1.29 is 43.8 Å². The van der Waals surface area contributed by atoms with Crippen molar-refractivity contribution in [1.82, 2.24) is 0 Å². The summed E-state index contributed by atoms with van der Waals surface area (Å²) in [5.74, 6) is -2.59. The van der Waals surface area contributed by atoms with E-state index >= 15 is 0 Å². The highest BCUT2D eigenvalue weighted by Crippen LogP contribution is 2.48. The quantitative estimate of drug-likeness (QED) is 0.0919. The summed E-state index contributed by atoms with van der Waals surface area (Å²) in [5, 5.41) is 41.0. The minimum atomic E-state index is -0.933. The Morgan fingerprint density at radius 2 is 1.62 bits per heavy atom. The van der Waals surface area contributed by atoms with E-state index in [1.807, 2.05) is 12.1 Å². The third-order valence-electron chi connectivity index (χ3n) is 7.93. The number of ether oxygens (including phenoxy) is 3. The summed E-state index contributed by atoms with van der Waals surface area (Å²) in [7, 11) is 1.52. The zero-order chi connectivity index (χ0) is 32.0. The molecule has 2 heterocycles. The van der Waals surface area contributed by atoms with Crippen LogP contribution in [0.5, 0.6) is 40.2 Å². The lowest BCUT2D eigenvalue weighted by Crippen LogP contribution is -2.22. The first-order valence-corrected chi connectivity index (χ1v) is 14.2. The van der Waals surface area contributed by atoms with Gasteiger partial charge in [-0.2, -0.15) is 0 Å². The summed E-state index contributed by atoms with van der Waals surface area (Å²) < 4.78 is 23.3. The van der Waals surface area contributed by atoms with Gasteiger partial charge in [0.1, 0.15) is 29.1 Å². The van der Waals surface area contributed by atoms with Crippen molar-refractivity contribution >= 4 is 16.9 Å². The number of fused-ring (bicyclic) bond motifs is 3. The van der Waals surface area contributed by atoms with Gasteiger partial charge in [0.25, 0.3) is 0 Å². The molecule has 0 amide bonds. The average Bonchev–Trinajstić information content (AvgIpc) is 3.02. The first kappa shape index (κ1) is 29.4. The van der Waals surface area contributed by atoms with Gasteiger partial charge in [0, 0.05) is 23.1 Å². The van der Waals surface area contributed by atoms with Gasteiger partial charge in [0.2, 0.25) is 11.2 Å². The molecule has 0 unspecified atom stereocenters. The van der Waals surface area contributed by atoms with Crippen LogP contribution in [0.15, 0.2) is 75.9 Å². The fraction of sp³-hybridized carbons (Fsp3) is 0.200. The van der Waals surface area contributed by atoms with Crippen LogP contribution < -0.4 is 19.6 Å². The second-order valence-electron chi connectivity index (χ2n) is 11.2. The average molecular weight is 611 g/mol. The van der Waals surface area contributed by atoms with Crippen LogP contribution in [0.3, 0.4) is 0 Å². The summed E-state index contributed by atoms with van der Waals surface area (Å²) in [6.45, 7) is 4.51. The molecule has 0 fully saturated rings. The Bertz CT molecular complexity index is 2010. The number of carbonyl (C=O) groups excluding carboxylic acids is 1. The minimum Gasteiger partial charge on any atom is -0.507 e. The first-order chi connectivity index (χ1) is 21.5. The number of hydrogen-bond donors (Lipinski definition) is 4.